The number of para-hydroxylation sites is 1. The van der Waals surface area contributed by atoms with E-state index in [4.69, 9.17) is 0 Å². The molecule has 4 aliphatic rings. The molecule has 3 aliphatic carbocycles. The molecule has 1 N–H and O–H groups in total. The molecular formula is C30H24BrNO5. The Kier molecular flexibility index (Phi) is 5.46. The average Bonchev–Trinajstić information content (AvgIpc) is 3.13. The quantitative estimate of drug-likeness (QED) is 0.315. The highest BCUT2D eigenvalue weighted by atomic mass is 79.9. The summed E-state index contributed by atoms with van der Waals surface area (Å²) in [5, 5.41) is 11.0. The van der Waals surface area contributed by atoms with Gasteiger partial charge in [-0.15, -0.1) is 0 Å². The second-order valence-corrected chi connectivity index (χ2v) is 11.1. The number of rotatable bonds is 2. The summed E-state index contributed by atoms with van der Waals surface area (Å²) < 4.78 is 0.841. The Morgan fingerprint density at radius 2 is 1.68 bits per heavy atom. The third-order valence-electron chi connectivity index (χ3n) is 8.23. The summed E-state index contributed by atoms with van der Waals surface area (Å²) in [6.45, 7) is 3.41. The largest absolute Gasteiger partial charge is 0.507 e. The van der Waals surface area contributed by atoms with Crippen molar-refractivity contribution in [3.63, 3.8) is 0 Å². The SMILES string of the molecule is CC1=CC(=O)C2=C(CC3C(=CCC4C(=O)N(c5ccc(Br)cc5)C(=O)C43)C2c2cccc(C)c2O)C1=O. The van der Waals surface area contributed by atoms with Gasteiger partial charge in [0.05, 0.1) is 17.5 Å². The number of aromatic hydroxyl groups is 1. The summed E-state index contributed by atoms with van der Waals surface area (Å²) in [4.78, 5) is 55.3. The number of hydrogen-bond donors (Lipinski definition) is 1. The van der Waals surface area contributed by atoms with Crippen molar-refractivity contribution in [3.8, 4) is 5.75 Å². The first kappa shape index (κ1) is 23.8. The van der Waals surface area contributed by atoms with E-state index in [0.29, 0.717) is 40.0 Å². The molecule has 0 aromatic heterocycles. The number of ketones is 2. The van der Waals surface area contributed by atoms with Crippen LogP contribution in [0.25, 0.3) is 0 Å². The maximum Gasteiger partial charge on any atom is 0.238 e. The lowest BCUT2D eigenvalue weighted by Gasteiger charge is -2.42. The van der Waals surface area contributed by atoms with Gasteiger partial charge in [0.1, 0.15) is 5.75 Å². The maximum absolute atomic E-state index is 13.9. The van der Waals surface area contributed by atoms with E-state index in [2.05, 4.69) is 15.9 Å². The zero-order valence-electron chi connectivity index (χ0n) is 20.3. The van der Waals surface area contributed by atoms with Crippen LogP contribution in [0.1, 0.15) is 36.8 Å². The number of Topliss-reactive ketones (excluding diaryl/α,β-unsaturated/α-hetero) is 1. The monoisotopic (exact) mass is 557 g/mol. The number of amides is 2. The minimum atomic E-state index is -0.653. The lowest BCUT2D eigenvalue weighted by molar-refractivity contribution is -0.123. The molecule has 1 fully saturated rings. The van der Waals surface area contributed by atoms with Crippen molar-refractivity contribution in [1.29, 1.82) is 0 Å². The first-order valence-electron chi connectivity index (χ1n) is 12.3. The highest BCUT2D eigenvalue weighted by Crippen LogP contribution is 2.56. The number of allylic oxidation sites excluding steroid dienone is 6. The molecule has 4 unspecified atom stereocenters. The first-order valence-corrected chi connectivity index (χ1v) is 13.1. The van der Waals surface area contributed by atoms with Crippen LogP contribution in [0.4, 0.5) is 5.69 Å². The molecule has 0 spiro atoms. The predicted molar refractivity (Wildman–Crippen MR) is 141 cm³/mol. The molecule has 0 bridgehead atoms. The Morgan fingerprint density at radius 3 is 2.41 bits per heavy atom. The van der Waals surface area contributed by atoms with E-state index in [9.17, 15) is 24.3 Å². The Bertz CT molecular complexity index is 1510. The molecule has 0 saturated carbocycles. The fraction of sp³-hybridized carbons (Fsp3) is 0.267. The van der Waals surface area contributed by atoms with Gasteiger partial charge in [-0.25, -0.2) is 0 Å². The molecule has 2 aromatic rings. The van der Waals surface area contributed by atoms with Gasteiger partial charge in [-0.05, 0) is 68.5 Å². The molecule has 1 heterocycles. The van der Waals surface area contributed by atoms with Gasteiger partial charge in [0.2, 0.25) is 11.8 Å². The Balaban J connectivity index is 1.50. The van der Waals surface area contributed by atoms with Crippen LogP contribution in [0.3, 0.4) is 0 Å². The van der Waals surface area contributed by atoms with Crippen molar-refractivity contribution >= 4 is 45.0 Å². The fourth-order valence-electron chi connectivity index (χ4n) is 6.50. The van der Waals surface area contributed by atoms with Crippen LogP contribution in [-0.2, 0) is 19.2 Å². The average molecular weight is 558 g/mol. The second-order valence-electron chi connectivity index (χ2n) is 10.2. The van der Waals surface area contributed by atoms with Crippen molar-refractivity contribution in [2.24, 2.45) is 17.8 Å². The molecule has 2 aromatic carbocycles. The lowest BCUT2D eigenvalue weighted by Crippen LogP contribution is -2.39. The van der Waals surface area contributed by atoms with Crippen LogP contribution in [0.15, 0.2) is 81.4 Å². The van der Waals surface area contributed by atoms with Gasteiger partial charge in [-0.3, -0.25) is 24.1 Å². The summed E-state index contributed by atoms with van der Waals surface area (Å²) in [5.41, 5.74) is 3.67. The summed E-state index contributed by atoms with van der Waals surface area (Å²) in [7, 11) is 0. The van der Waals surface area contributed by atoms with E-state index in [1.807, 2.05) is 12.1 Å². The van der Waals surface area contributed by atoms with Crippen LogP contribution >= 0.6 is 15.9 Å². The van der Waals surface area contributed by atoms with Gasteiger partial charge in [0, 0.05) is 32.7 Å². The molecule has 6 nitrogen and oxygen atoms in total. The molecule has 7 heteroatoms. The molecule has 186 valence electrons. The number of imide groups is 1. The first-order chi connectivity index (χ1) is 17.7. The van der Waals surface area contributed by atoms with Crippen LogP contribution in [-0.4, -0.2) is 28.5 Å². The number of aryl methyl sites for hydroxylation is 1. The number of phenols is 1. The highest BCUT2D eigenvalue weighted by Gasteiger charge is 2.56. The molecule has 2 amide bonds. The van der Waals surface area contributed by atoms with Gasteiger partial charge in [-0.2, -0.15) is 0 Å². The van der Waals surface area contributed by atoms with Crippen molar-refractivity contribution in [1.82, 2.24) is 0 Å². The summed E-state index contributed by atoms with van der Waals surface area (Å²) in [6, 6.07) is 12.4. The van der Waals surface area contributed by atoms with E-state index in [0.717, 1.165) is 10.0 Å². The van der Waals surface area contributed by atoms with Crippen LogP contribution in [0, 0.1) is 24.7 Å². The number of halogens is 1. The van der Waals surface area contributed by atoms with Crippen molar-refractivity contribution in [2.45, 2.75) is 32.6 Å². The number of anilines is 1. The third kappa shape index (κ3) is 3.44. The van der Waals surface area contributed by atoms with E-state index in [-0.39, 0.29) is 35.6 Å². The molecule has 0 radical (unpaired) electrons. The Morgan fingerprint density at radius 1 is 0.946 bits per heavy atom. The summed E-state index contributed by atoms with van der Waals surface area (Å²) in [5.74, 6) is -3.18. The molecule has 4 atom stereocenters. The van der Waals surface area contributed by atoms with Gasteiger partial charge >= 0.3 is 0 Å². The van der Waals surface area contributed by atoms with Gasteiger partial charge in [0.25, 0.3) is 0 Å². The summed E-state index contributed by atoms with van der Waals surface area (Å²) >= 11 is 3.39. The smallest absolute Gasteiger partial charge is 0.238 e. The second kappa shape index (κ2) is 8.48. The van der Waals surface area contributed by atoms with Crippen LogP contribution in [0.2, 0.25) is 0 Å². The topological polar surface area (TPSA) is 91.8 Å². The van der Waals surface area contributed by atoms with E-state index >= 15 is 0 Å². The predicted octanol–water partition coefficient (Wildman–Crippen LogP) is 5.10. The molecular weight excluding hydrogens is 534 g/mol. The lowest BCUT2D eigenvalue weighted by atomic mass is 9.59. The molecule has 1 saturated heterocycles. The standard InChI is InChI=1S/C30H24BrNO5/c1-14-4-3-5-19(27(14)34)24-18-10-11-20-25(21(18)13-22-26(24)23(33)12-15(2)28(22)35)30(37)32(29(20)36)17-8-6-16(31)7-9-17/h3-10,12,20-21,24-25,34H,11,13H2,1-2H3. The maximum atomic E-state index is 13.9. The minimum Gasteiger partial charge on any atom is -0.507 e. The minimum absolute atomic E-state index is 0.0693. The zero-order valence-corrected chi connectivity index (χ0v) is 21.9. The Hall–Kier alpha value is -3.58. The van der Waals surface area contributed by atoms with Crippen LogP contribution in [0.5, 0.6) is 5.75 Å². The number of nitrogens with zero attached hydrogens (tertiary/aromatic N) is 1. The molecule has 6 rings (SSSR count). The Labute approximate surface area is 222 Å². The number of fused-ring (bicyclic) bond motifs is 3. The summed E-state index contributed by atoms with van der Waals surface area (Å²) in [6.07, 6.45) is 3.90. The fourth-order valence-corrected chi connectivity index (χ4v) is 6.76. The number of carbonyl (C=O) groups excluding carboxylic acids is 4. The van der Waals surface area contributed by atoms with Gasteiger partial charge in [0.15, 0.2) is 11.6 Å². The zero-order chi connectivity index (χ0) is 26.2. The highest BCUT2D eigenvalue weighted by molar-refractivity contribution is 9.10. The number of carbonyl (C=O) groups is 4. The van der Waals surface area contributed by atoms with Crippen molar-refractivity contribution < 1.29 is 24.3 Å². The number of hydrogen-bond acceptors (Lipinski definition) is 5. The number of benzene rings is 2. The van der Waals surface area contributed by atoms with Crippen molar-refractivity contribution in [2.75, 3.05) is 4.90 Å². The number of phenolic OH excluding ortho intramolecular Hbond substituents is 1. The normalized spacial score (nSPS) is 27.1. The molecule has 1 aliphatic heterocycles. The van der Waals surface area contributed by atoms with Crippen LogP contribution < -0.4 is 4.90 Å². The molecule has 37 heavy (non-hydrogen) atoms. The van der Waals surface area contributed by atoms with E-state index in [1.54, 1.807) is 50.2 Å². The van der Waals surface area contributed by atoms with Crippen molar-refractivity contribution in [3.05, 3.63) is 92.5 Å². The third-order valence-corrected chi connectivity index (χ3v) is 8.76. The van der Waals surface area contributed by atoms with E-state index < -0.39 is 23.7 Å². The van der Waals surface area contributed by atoms with Gasteiger partial charge < -0.3 is 5.11 Å². The van der Waals surface area contributed by atoms with E-state index in [1.165, 1.54) is 11.0 Å². The van der Waals surface area contributed by atoms with Gasteiger partial charge in [-0.1, -0.05) is 45.8 Å².